The molecule has 0 spiro atoms. The van der Waals surface area contributed by atoms with E-state index < -0.39 is 0 Å². The summed E-state index contributed by atoms with van der Waals surface area (Å²) in [6.45, 7) is 4.88. The minimum absolute atomic E-state index is 0.185. The second-order valence-electron chi connectivity index (χ2n) is 5.06. The number of rotatable bonds is 4. The predicted octanol–water partition coefficient (Wildman–Crippen LogP) is 3.93. The van der Waals surface area contributed by atoms with Crippen molar-refractivity contribution < 1.29 is 4.79 Å². The monoisotopic (exact) mass is 302 g/mol. The minimum Gasteiger partial charge on any atom is -0.381 e. The second-order valence-corrected chi connectivity index (χ2v) is 5.46. The van der Waals surface area contributed by atoms with Gasteiger partial charge >= 0.3 is 0 Å². The highest BCUT2D eigenvalue weighted by molar-refractivity contribution is 6.34. The van der Waals surface area contributed by atoms with Gasteiger partial charge in [0.25, 0.3) is 5.91 Å². The highest BCUT2D eigenvalue weighted by Crippen LogP contribution is 2.21. The summed E-state index contributed by atoms with van der Waals surface area (Å²) >= 11 is 6.04. The maximum absolute atomic E-state index is 11.7. The Kier molecular flexibility index (Phi) is 4.86. The molecule has 4 heteroatoms. The van der Waals surface area contributed by atoms with Gasteiger partial charge in [-0.1, -0.05) is 35.4 Å². The number of hydrogen-bond donors (Lipinski definition) is 2. The Labute approximate surface area is 130 Å². The molecule has 110 valence electrons. The van der Waals surface area contributed by atoms with Crippen LogP contribution in [-0.4, -0.2) is 13.0 Å². The molecule has 0 bridgehead atoms. The van der Waals surface area contributed by atoms with E-state index >= 15 is 0 Å². The van der Waals surface area contributed by atoms with Gasteiger partial charge in [-0.15, -0.1) is 0 Å². The van der Waals surface area contributed by atoms with Gasteiger partial charge in [-0.05, 0) is 43.2 Å². The van der Waals surface area contributed by atoms with E-state index in [9.17, 15) is 4.79 Å². The summed E-state index contributed by atoms with van der Waals surface area (Å²) in [5, 5.41) is 6.38. The fourth-order valence-corrected chi connectivity index (χ4v) is 2.34. The van der Waals surface area contributed by atoms with E-state index in [0.717, 1.165) is 5.69 Å². The molecule has 0 unspecified atom stereocenters. The standard InChI is InChI=1S/C17H19ClN2O/c1-11-4-5-12(2)13(8-11)10-20-14-6-7-16(18)15(9-14)17(21)19-3/h4-9,20H,10H2,1-3H3,(H,19,21). The van der Waals surface area contributed by atoms with Gasteiger partial charge in [-0.3, -0.25) is 4.79 Å². The van der Waals surface area contributed by atoms with Crippen molar-refractivity contribution >= 4 is 23.2 Å². The van der Waals surface area contributed by atoms with Crippen LogP contribution in [-0.2, 0) is 6.54 Å². The van der Waals surface area contributed by atoms with E-state index in [1.807, 2.05) is 6.07 Å². The largest absolute Gasteiger partial charge is 0.381 e. The SMILES string of the molecule is CNC(=O)c1cc(NCc2cc(C)ccc2C)ccc1Cl. The number of carbonyl (C=O) groups is 1. The van der Waals surface area contributed by atoms with E-state index in [-0.39, 0.29) is 5.91 Å². The molecule has 2 rings (SSSR count). The van der Waals surface area contributed by atoms with Crippen LogP contribution in [0.5, 0.6) is 0 Å². The number of hydrogen-bond acceptors (Lipinski definition) is 2. The highest BCUT2D eigenvalue weighted by Gasteiger charge is 2.09. The van der Waals surface area contributed by atoms with Gasteiger partial charge in [0.05, 0.1) is 10.6 Å². The molecule has 0 aliphatic rings. The number of anilines is 1. The van der Waals surface area contributed by atoms with Gasteiger partial charge < -0.3 is 10.6 Å². The van der Waals surface area contributed by atoms with Crippen molar-refractivity contribution in [2.45, 2.75) is 20.4 Å². The van der Waals surface area contributed by atoms with Gasteiger partial charge in [-0.25, -0.2) is 0 Å². The molecule has 2 aromatic rings. The third-order valence-electron chi connectivity index (χ3n) is 3.43. The van der Waals surface area contributed by atoms with Crippen molar-refractivity contribution in [2.24, 2.45) is 0 Å². The Balaban J connectivity index is 2.17. The summed E-state index contributed by atoms with van der Waals surface area (Å²) < 4.78 is 0. The molecule has 1 amide bonds. The molecule has 2 aromatic carbocycles. The van der Waals surface area contributed by atoms with Crippen molar-refractivity contribution in [3.05, 3.63) is 63.7 Å². The fraction of sp³-hybridized carbons (Fsp3) is 0.235. The predicted molar refractivity (Wildman–Crippen MR) is 88.1 cm³/mol. The first-order valence-corrected chi connectivity index (χ1v) is 7.20. The first-order valence-electron chi connectivity index (χ1n) is 6.83. The lowest BCUT2D eigenvalue weighted by atomic mass is 10.1. The Bertz CT molecular complexity index is 668. The van der Waals surface area contributed by atoms with Gasteiger partial charge in [0, 0.05) is 19.3 Å². The number of aryl methyl sites for hydroxylation is 2. The zero-order valence-electron chi connectivity index (χ0n) is 12.5. The summed E-state index contributed by atoms with van der Waals surface area (Å²) in [6, 6.07) is 11.8. The zero-order valence-corrected chi connectivity index (χ0v) is 13.2. The number of amides is 1. The normalized spacial score (nSPS) is 10.3. The molecule has 21 heavy (non-hydrogen) atoms. The third-order valence-corrected chi connectivity index (χ3v) is 3.76. The van der Waals surface area contributed by atoms with E-state index in [0.29, 0.717) is 17.1 Å². The van der Waals surface area contributed by atoms with Gasteiger partial charge in [0.1, 0.15) is 0 Å². The third kappa shape index (κ3) is 3.76. The van der Waals surface area contributed by atoms with Crippen LogP contribution >= 0.6 is 11.6 Å². The van der Waals surface area contributed by atoms with Crippen LogP contribution in [0.4, 0.5) is 5.69 Å². The molecule has 0 aliphatic carbocycles. The molecule has 0 aromatic heterocycles. The van der Waals surface area contributed by atoms with Crippen molar-refractivity contribution in [1.82, 2.24) is 5.32 Å². The van der Waals surface area contributed by atoms with Crippen molar-refractivity contribution in [3.8, 4) is 0 Å². The van der Waals surface area contributed by atoms with Crippen LogP contribution in [0.3, 0.4) is 0 Å². The average Bonchev–Trinajstić information content (AvgIpc) is 2.48. The molecular formula is C17H19ClN2O. The molecule has 0 atom stereocenters. The van der Waals surface area contributed by atoms with Crippen LogP contribution in [0.25, 0.3) is 0 Å². The number of benzene rings is 2. The molecule has 0 aliphatic heterocycles. The molecular weight excluding hydrogens is 284 g/mol. The summed E-state index contributed by atoms with van der Waals surface area (Å²) in [5.74, 6) is -0.185. The maximum Gasteiger partial charge on any atom is 0.252 e. The maximum atomic E-state index is 11.7. The minimum atomic E-state index is -0.185. The average molecular weight is 303 g/mol. The van der Waals surface area contributed by atoms with Crippen LogP contribution in [0.15, 0.2) is 36.4 Å². The molecule has 3 nitrogen and oxygen atoms in total. The van der Waals surface area contributed by atoms with Crippen LogP contribution in [0.2, 0.25) is 5.02 Å². The Morgan fingerprint density at radius 1 is 1.14 bits per heavy atom. The highest BCUT2D eigenvalue weighted by atomic mass is 35.5. The number of nitrogens with one attached hydrogen (secondary N) is 2. The summed E-state index contributed by atoms with van der Waals surface area (Å²) in [7, 11) is 1.59. The molecule has 0 heterocycles. The van der Waals surface area contributed by atoms with E-state index in [4.69, 9.17) is 11.6 Å². The van der Waals surface area contributed by atoms with Crippen LogP contribution < -0.4 is 10.6 Å². The molecule has 0 radical (unpaired) electrons. The van der Waals surface area contributed by atoms with Crippen molar-refractivity contribution in [3.63, 3.8) is 0 Å². The fourth-order valence-electron chi connectivity index (χ4n) is 2.13. The van der Waals surface area contributed by atoms with E-state index in [1.165, 1.54) is 16.7 Å². The zero-order chi connectivity index (χ0) is 15.4. The lowest BCUT2D eigenvalue weighted by molar-refractivity contribution is 0.0963. The molecule has 0 saturated carbocycles. The van der Waals surface area contributed by atoms with Gasteiger partial charge in [0.15, 0.2) is 0 Å². The van der Waals surface area contributed by atoms with Crippen LogP contribution in [0.1, 0.15) is 27.0 Å². The summed E-state index contributed by atoms with van der Waals surface area (Å²) in [4.78, 5) is 11.7. The lowest BCUT2D eigenvalue weighted by Gasteiger charge is -2.12. The lowest BCUT2D eigenvalue weighted by Crippen LogP contribution is -2.18. The molecule has 0 fully saturated rings. The Morgan fingerprint density at radius 2 is 1.90 bits per heavy atom. The topological polar surface area (TPSA) is 41.1 Å². The quantitative estimate of drug-likeness (QED) is 0.898. The summed E-state index contributed by atoms with van der Waals surface area (Å²) in [6.07, 6.45) is 0. The number of carbonyl (C=O) groups excluding carboxylic acids is 1. The molecule has 2 N–H and O–H groups in total. The van der Waals surface area contributed by atoms with Gasteiger partial charge in [-0.2, -0.15) is 0 Å². The Morgan fingerprint density at radius 3 is 2.62 bits per heavy atom. The molecule has 0 saturated heterocycles. The number of halogens is 1. The second kappa shape index (κ2) is 6.64. The summed E-state index contributed by atoms with van der Waals surface area (Å²) in [5.41, 5.74) is 5.07. The Hall–Kier alpha value is -2.00. The van der Waals surface area contributed by atoms with Crippen molar-refractivity contribution in [1.29, 1.82) is 0 Å². The van der Waals surface area contributed by atoms with Crippen molar-refractivity contribution in [2.75, 3.05) is 12.4 Å². The first-order chi connectivity index (χ1) is 10.0. The first kappa shape index (κ1) is 15.4. The smallest absolute Gasteiger partial charge is 0.252 e. The van der Waals surface area contributed by atoms with E-state index in [1.54, 1.807) is 19.2 Å². The van der Waals surface area contributed by atoms with Gasteiger partial charge in [0.2, 0.25) is 0 Å². The van der Waals surface area contributed by atoms with Crippen LogP contribution in [0, 0.1) is 13.8 Å². The van der Waals surface area contributed by atoms with E-state index in [2.05, 4.69) is 42.7 Å².